The van der Waals surface area contributed by atoms with Gasteiger partial charge in [0.05, 0.1) is 12.5 Å². The molecule has 0 saturated heterocycles. The molecule has 1 N–H and O–H groups in total. The zero-order chi connectivity index (χ0) is 18.1. The minimum atomic E-state index is -0.366. The summed E-state index contributed by atoms with van der Waals surface area (Å²) in [6.45, 7) is 1.63. The normalized spacial score (nSPS) is 11.6. The average molecular weight is 422 g/mol. The highest BCUT2D eigenvalue weighted by atomic mass is 79.9. The molecule has 0 aliphatic carbocycles. The van der Waals surface area contributed by atoms with E-state index >= 15 is 0 Å². The number of thioether (sulfide) groups is 1. The van der Waals surface area contributed by atoms with E-state index in [1.807, 2.05) is 61.5 Å². The maximum atomic E-state index is 11.9. The number of ether oxygens (including phenoxy) is 1. The summed E-state index contributed by atoms with van der Waals surface area (Å²) in [5.41, 5.74) is 0.988. The van der Waals surface area contributed by atoms with Crippen LogP contribution in [-0.2, 0) is 14.3 Å². The number of amides is 1. The summed E-state index contributed by atoms with van der Waals surface area (Å²) in [4.78, 5) is 24.7. The van der Waals surface area contributed by atoms with Crippen molar-refractivity contribution >= 4 is 39.6 Å². The molecule has 0 spiro atoms. The van der Waals surface area contributed by atoms with Gasteiger partial charge < -0.3 is 10.1 Å². The van der Waals surface area contributed by atoms with Gasteiger partial charge in [-0.1, -0.05) is 46.3 Å². The Bertz CT molecular complexity index is 692. The number of hydrogen-bond donors (Lipinski definition) is 1. The fraction of sp³-hybridized carbons (Fsp3) is 0.263. The SMILES string of the molecule is CC(NC(=O)COC(=O)CCSc1ccccc1)c1ccc(Br)cc1. The van der Waals surface area contributed by atoms with Crippen LogP contribution in [0.1, 0.15) is 24.9 Å². The minimum Gasteiger partial charge on any atom is -0.456 e. The largest absolute Gasteiger partial charge is 0.456 e. The van der Waals surface area contributed by atoms with E-state index < -0.39 is 0 Å². The van der Waals surface area contributed by atoms with E-state index in [9.17, 15) is 9.59 Å². The quantitative estimate of drug-likeness (QED) is 0.508. The second kappa shape index (κ2) is 10.3. The van der Waals surface area contributed by atoms with Gasteiger partial charge in [0.1, 0.15) is 0 Å². The lowest BCUT2D eigenvalue weighted by molar-refractivity contribution is -0.148. The Balaban J connectivity index is 1.65. The van der Waals surface area contributed by atoms with E-state index in [4.69, 9.17) is 4.74 Å². The fourth-order valence-electron chi connectivity index (χ4n) is 2.11. The predicted molar refractivity (Wildman–Crippen MR) is 103 cm³/mol. The summed E-state index contributed by atoms with van der Waals surface area (Å²) in [5, 5.41) is 2.82. The van der Waals surface area contributed by atoms with E-state index in [2.05, 4.69) is 21.2 Å². The second-order valence-electron chi connectivity index (χ2n) is 5.41. The van der Waals surface area contributed by atoms with Crippen molar-refractivity contribution in [2.24, 2.45) is 0 Å². The van der Waals surface area contributed by atoms with Crippen molar-refractivity contribution in [1.82, 2.24) is 5.32 Å². The molecular formula is C19H20BrNO3S. The first-order chi connectivity index (χ1) is 12.0. The number of carbonyl (C=O) groups excluding carboxylic acids is 2. The average Bonchev–Trinajstić information content (AvgIpc) is 2.61. The molecule has 1 unspecified atom stereocenters. The van der Waals surface area contributed by atoms with Gasteiger partial charge >= 0.3 is 5.97 Å². The molecule has 132 valence electrons. The Morgan fingerprint density at radius 2 is 1.80 bits per heavy atom. The Morgan fingerprint density at radius 1 is 1.12 bits per heavy atom. The number of halogens is 1. The molecule has 0 aliphatic heterocycles. The summed E-state index contributed by atoms with van der Waals surface area (Å²) in [6.07, 6.45) is 0.273. The van der Waals surface area contributed by atoms with Crippen LogP contribution in [0.4, 0.5) is 0 Å². The maximum Gasteiger partial charge on any atom is 0.307 e. The molecule has 1 atom stereocenters. The van der Waals surface area contributed by atoms with Crippen LogP contribution < -0.4 is 5.32 Å². The van der Waals surface area contributed by atoms with Crippen molar-refractivity contribution in [3.8, 4) is 0 Å². The Labute approximate surface area is 160 Å². The third-order valence-electron chi connectivity index (χ3n) is 3.43. The van der Waals surface area contributed by atoms with Crippen molar-refractivity contribution in [3.63, 3.8) is 0 Å². The highest BCUT2D eigenvalue weighted by molar-refractivity contribution is 9.10. The zero-order valence-electron chi connectivity index (χ0n) is 13.9. The molecule has 0 radical (unpaired) electrons. The van der Waals surface area contributed by atoms with Crippen LogP contribution in [0.25, 0.3) is 0 Å². The lowest BCUT2D eigenvalue weighted by atomic mass is 10.1. The third kappa shape index (κ3) is 7.32. The molecule has 0 heterocycles. The van der Waals surface area contributed by atoms with Crippen LogP contribution in [0.2, 0.25) is 0 Å². The summed E-state index contributed by atoms with van der Waals surface area (Å²) in [6, 6.07) is 17.4. The zero-order valence-corrected chi connectivity index (χ0v) is 16.3. The summed E-state index contributed by atoms with van der Waals surface area (Å²) in [5.74, 6) is -0.0471. The van der Waals surface area contributed by atoms with Gasteiger partial charge in [-0.2, -0.15) is 0 Å². The van der Waals surface area contributed by atoms with E-state index in [1.165, 1.54) is 0 Å². The Morgan fingerprint density at radius 3 is 2.48 bits per heavy atom. The predicted octanol–water partition coefficient (Wildman–Crippen LogP) is 4.35. The van der Waals surface area contributed by atoms with Crippen LogP contribution in [0.3, 0.4) is 0 Å². The minimum absolute atomic E-state index is 0.145. The molecule has 2 aromatic rings. The van der Waals surface area contributed by atoms with Crippen LogP contribution >= 0.6 is 27.7 Å². The van der Waals surface area contributed by atoms with Gasteiger partial charge in [-0.3, -0.25) is 9.59 Å². The summed E-state index contributed by atoms with van der Waals surface area (Å²) in [7, 11) is 0. The van der Waals surface area contributed by atoms with E-state index in [0.717, 1.165) is 14.9 Å². The lowest BCUT2D eigenvalue weighted by Gasteiger charge is -2.14. The van der Waals surface area contributed by atoms with Gasteiger partial charge in [-0.15, -0.1) is 11.8 Å². The van der Waals surface area contributed by atoms with Gasteiger partial charge in [0.2, 0.25) is 0 Å². The van der Waals surface area contributed by atoms with E-state index in [0.29, 0.717) is 5.75 Å². The first-order valence-electron chi connectivity index (χ1n) is 7.93. The van der Waals surface area contributed by atoms with E-state index in [1.54, 1.807) is 11.8 Å². The van der Waals surface area contributed by atoms with Gasteiger partial charge in [-0.05, 0) is 36.8 Å². The number of carbonyl (C=O) groups is 2. The van der Waals surface area contributed by atoms with Crippen molar-refractivity contribution in [2.75, 3.05) is 12.4 Å². The van der Waals surface area contributed by atoms with Crippen LogP contribution in [0.15, 0.2) is 64.0 Å². The highest BCUT2D eigenvalue weighted by Gasteiger charge is 2.12. The second-order valence-corrected chi connectivity index (χ2v) is 7.50. The van der Waals surface area contributed by atoms with Crippen molar-refractivity contribution in [2.45, 2.75) is 24.3 Å². The molecule has 25 heavy (non-hydrogen) atoms. The Kier molecular flexibility index (Phi) is 8.01. The number of hydrogen-bond acceptors (Lipinski definition) is 4. The van der Waals surface area contributed by atoms with Crippen LogP contribution in [-0.4, -0.2) is 24.2 Å². The van der Waals surface area contributed by atoms with Gasteiger partial charge in [-0.25, -0.2) is 0 Å². The monoisotopic (exact) mass is 421 g/mol. The molecule has 0 aliphatic rings. The smallest absolute Gasteiger partial charge is 0.307 e. The third-order valence-corrected chi connectivity index (χ3v) is 4.97. The first kappa shape index (κ1) is 19.5. The van der Waals surface area contributed by atoms with E-state index in [-0.39, 0.29) is 30.9 Å². The fourth-order valence-corrected chi connectivity index (χ4v) is 3.22. The van der Waals surface area contributed by atoms with Gasteiger partial charge in [0.15, 0.2) is 6.61 Å². The molecule has 0 aromatic heterocycles. The molecular weight excluding hydrogens is 402 g/mol. The standard InChI is InChI=1S/C19H20BrNO3S/c1-14(15-7-9-16(20)10-8-15)21-18(22)13-24-19(23)11-12-25-17-5-3-2-4-6-17/h2-10,14H,11-13H2,1H3,(H,21,22). The number of benzene rings is 2. The molecule has 0 fully saturated rings. The first-order valence-corrected chi connectivity index (χ1v) is 9.71. The molecule has 2 aromatic carbocycles. The highest BCUT2D eigenvalue weighted by Crippen LogP contribution is 2.18. The maximum absolute atomic E-state index is 11.9. The topological polar surface area (TPSA) is 55.4 Å². The summed E-state index contributed by atoms with van der Waals surface area (Å²) < 4.78 is 6.01. The molecule has 0 saturated carbocycles. The number of rotatable bonds is 8. The molecule has 4 nitrogen and oxygen atoms in total. The van der Waals surface area contributed by atoms with Gasteiger partial charge in [0, 0.05) is 15.1 Å². The molecule has 0 bridgehead atoms. The summed E-state index contributed by atoms with van der Waals surface area (Å²) >= 11 is 4.96. The van der Waals surface area contributed by atoms with Gasteiger partial charge in [0.25, 0.3) is 5.91 Å². The number of nitrogens with one attached hydrogen (secondary N) is 1. The number of esters is 1. The lowest BCUT2D eigenvalue weighted by Crippen LogP contribution is -2.31. The van der Waals surface area contributed by atoms with Crippen molar-refractivity contribution in [3.05, 3.63) is 64.6 Å². The Hall–Kier alpha value is -1.79. The molecule has 1 amide bonds. The molecule has 2 rings (SSSR count). The van der Waals surface area contributed by atoms with Crippen LogP contribution in [0.5, 0.6) is 0 Å². The van der Waals surface area contributed by atoms with Crippen molar-refractivity contribution in [1.29, 1.82) is 0 Å². The van der Waals surface area contributed by atoms with Crippen LogP contribution in [0, 0.1) is 0 Å². The van der Waals surface area contributed by atoms with Crippen molar-refractivity contribution < 1.29 is 14.3 Å². The molecule has 6 heteroatoms.